The number of aliphatic carboxylic acids is 2. The summed E-state index contributed by atoms with van der Waals surface area (Å²) in [5.74, 6) is -5.89. The maximum atomic E-state index is 12.2. The van der Waals surface area contributed by atoms with E-state index in [-0.39, 0.29) is 5.92 Å². The Kier molecular flexibility index (Phi) is 11.4. The van der Waals surface area contributed by atoms with Crippen LogP contribution in [0.25, 0.3) is 0 Å². The van der Waals surface area contributed by atoms with Crippen LogP contribution in [0.2, 0.25) is 0 Å². The Morgan fingerprint density at radius 1 is 0.793 bits per heavy atom. The average molecular weight is 420 g/mol. The topological polar surface area (TPSA) is 228 Å². The van der Waals surface area contributed by atoms with Crippen LogP contribution in [0.1, 0.15) is 26.7 Å². The summed E-state index contributed by atoms with van der Waals surface area (Å²) in [6, 6.07) is -5.83. The smallest absolute Gasteiger partial charge is 0.326 e. The molecule has 13 nitrogen and oxygen atoms in total. The van der Waals surface area contributed by atoms with Crippen molar-refractivity contribution in [3.63, 3.8) is 0 Å². The van der Waals surface area contributed by atoms with Gasteiger partial charge in [-0.25, -0.2) is 4.79 Å². The van der Waals surface area contributed by atoms with Gasteiger partial charge in [-0.15, -0.1) is 0 Å². The molecule has 0 aromatic heterocycles. The van der Waals surface area contributed by atoms with Gasteiger partial charge in [-0.2, -0.15) is 0 Å². The Labute approximate surface area is 166 Å². The van der Waals surface area contributed by atoms with E-state index in [0.29, 0.717) is 6.42 Å². The van der Waals surface area contributed by atoms with Gasteiger partial charge in [0, 0.05) is 0 Å². The second-order valence-electron chi connectivity index (χ2n) is 6.72. The Morgan fingerprint density at radius 2 is 1.21 bits per heavy atom. The Hall–Kier alpha value is -2.77. The van der Waals surface area contributed by atoms with Crippen molar-refractivity contribution in [2.45, 2.75) is 50.9 Å². The molecule has 0 spiro atoms. The minimum absolute atomic E-state index is 0.104. The molecular weight excluding hydrogens is 392 g/mol. The average Bonchev–Trinajstić information content (AvgIpc) is 2.61. The van der Waals surface area contributed by atoms with Gasteiger partial charge in [-0.1, -0.05) is 13.8 Å². The molecule has 166 valence electrons. The third-order valence-corrected chi connectivity index (χ3v) is 3.69. The standard InChI is InChI=1S/C16H28N4O9/c1-7(2)3-8(17)13(25)19-10(5-21)15(27)20-11(6-22)14(26)18-9(16(28)29)4-12(23)24/h7-11,21-22H,3-6,17H2,1-2H3,(H,18,26)(H,19,25)(H,20,27)(H,23,24)(H,28,29). The van der Waals surface area contributed by atoms with Gasteiger partial charge in [0.2, 0.25) is 17.7 Å². The summed E-state index contributed by atoms with van der Waals surface area (Å²) in [7, 11) is 0. The summed E-state index contributed by atoms with van der Waals surface area (Å²) < 4.78 is 0. The highest BCUT2D eigenvalue weighted by atomic mass is 16.4. The number of carboxylic acids is 2. The van der Waals surface area contributed by atoms with Crippen LogP contribution in [0.3, 0.4) is 0 Å². The van der Waals surface area contributed by atoms with Crippen LogP contribution in [-0.4, -0.2) is 87.5 Å². The van der Waals surface area contributed by atoms with Gasteiger partial charge in [-0.3, -0.25) is 19.2 Å². The second-order valence-corrected chi connectivity index (χ2v) is 6.72. The first-order valence-electron chi connectivity index (χ1n) is 8.75. The highest BCUT2D eigenvalue weighted by Gasteiger charge is 2.30. The van der Waals surface area contributed by atoms with Crippen molar-refractivity contribution >= 4 is 29.7 Å². The molecule has 0 aromatic rings. The van der Waals surface area contributed by atoms with Crippen LogP contribution in [0, 0.1) is 5.92 Å². The van der Waals surface area contributed by atoms with Crippen molar-refractivity contribution in [3.8, 4) is 0 Å². The summed E-state index contributed by atoms with van der Waals surface area (Å²) in [6.07, 6.45) is -0.594. The summed E-state index contributed by atoms with van der Waals surface area (Å²) in [5, 5.41) is 42.3. The van der Waals surface area contributed by atoms with Crippen LogP contribution in [0.4, 0.5) is 0 Å². The first-order valence-corrected chi connectivity index (χ1v) is 8.75. The summed E-state index contributed by atoms with van der Waals surface area (Å²) in [5.41, 5.74) is 5.69. The molecule has 3 amide bonds. The molecule has 13 heteroatoms. The van der Waals surface area contributed by atoms with E-state index in [2.05, 4.69) is 5.32 Å². The summed E-state index contributed by atoms with van der Waals surface area (Å²) in [6.45, 7) is 1.89. The van der Waals surface area contributed by atoms with Crippen molar-refractivity contribution in [1.29, 1.82) is 0 Å². The number of carbonyl (C=O) groups excluding carboxylic acids is 3. The van der Waals surface area contributed by atoms with Gasteiger partial charge in [0.15, 0.2) is 0 Å². The third kappa shape index (κ3) is 9.82. The van der Waals surface area contributed by atoms with Crippen LogP contribution >= 0.6 is 0 Å². The highest BCUT2D eigenvalue weighted by Crippen LogP contribution is 2.03. The van der Waals surface area contributed by atoms with Gasteiger partial charge < -0.3 is 42.1 Å². The minimum Gasteiger partial charge on any atom is -0.481 e. The van der Waals surface area contributed by atoms with E-state index in [1.54, 1.807) is 0 Å². The minimum atomic E-state index is -1.78. The molecule has 4 unspecified atom stereocenters. The molecule has 0 aliphatic carbocycles. The predicted molar refractivity (Wildman–Crippen MR) is 97.3 cm³/mol. The largest absolute Gasteiger partial charge is 0.481 e. The van der Waals surface area contributed by atoms with Crippen LogP contribution in [0.5, 0.6) is 0 Å². The van der Waals surface area contributed by atoms with E-state index in [1.807, 2.05) is 24.5 Å². The first kappa shape index (κ1) is 26.2. The van der Waals surface area contributed by atoms with Gasteiger partial charge in [0.05, 0.1) is 25.7 Å². The van der Waals surface area contributed by atoms with Crippen molar-refractivity contribution in [2.24, 2.45) is 11.7 Å². The number of amides is 3. The number of aliphatic hydroxyl groups is 2. The van der Waals surface area contributed by atoms with E-state index in [1.165, 1.54) is 0 Å². The van der Waals surface area contributed by atoms with E-state index in [4.69, 9.17) is 15.9 Å². The third-order valence-electron chi connectivity index (χ3n) is 3.69. The van der Waals surface area contributed by atoms with Gasteiger partial charge in [-0.05, 0) is 12.3 Å². The monoisotopic (exact) mass is 420 g/mol. The Balaban J connectivity index is 5.00. The lowest BCUT2D eigenvalue weighted by Crippen LogP contribution is -2.59. The summed E-state index contributed by atoms with van der Waals surface area (Å²) >= 11 is 0. The maximum absolute atomic E-state index is 12.2. The first-order chi connectivity index (χ1) is 13.4. The number of nitrogens with one attached hydrogen (secondary N) is 3. The van der Waals surface area contributed by atoms with Gasteiger partial charge >= 0.3 is 11.9 Å². The predicted octanol–water partition coefficient (Wildman–Crippen LogP) is -3.64. The molecule has 0 heterocycles. The molecule has 0 aliphatic rings. The number of nitrogens with two attached hydrogens (primary N) is 1. The van der Waals surface area contributed by atoms with Gasteiger partial charge in [0.25, 0.3) is 0 Å². The van der Waals surface area contributed by atoms with Crippen LogP contribution < -0.4 is 21.7 Å². The molecular formula is C16H28N4O9. The maximum Gasteiger partial charge on any atom is 0.326 e. The second kappa shape index (κ2) is 12.6. The molecule has 0 aliphatic heterocycles. The van der Waals surface area contributed by atoms with Crippen LogP contribution in [-0.2, 0) is 24.0 Å². The van der Waals surface area contributed by atoms with Gasteiger partial charge in [0.1, 0.15) is 18.1 Å². The number of aliphatic hydroxyl groups excluding tert-OH is 2. The zero-order chi connectivity index (χ0) is 22.7. The fourth-order valence-corrected chi connectivity index (χ4v) is 2.20. The molecule has 0 fully saturated rings. The van der Waals surface area contributed by atoms with Crippen molar-refractivity contribution in [2.75, 3.05) is 13.2 Å². The van der Waals surface area contributed by atoms with Crippen molar-refractivity contribution in [3.05, 3.63) is 0 Å². The quantitative estimate of drug-likeness (QED) is 0.146. The molecule has 0 rings (SSSR count). The number of hydrogen-bond acceptors (Lipinski definition) is 8. The van der Waals surface area contributed by atoms with E-state index in [9.17, 15) is 34.2 Å². The zero-order valence-electron chi connectivity index (χ0n) is 16.1. The fourth-order valence-electron chi connectivity index (χ4n) is 2.20. The number of hydrogen-bond donors (Lipinski definition) is 8. The lowest BCUT2D eigenvalue weighted by Gasteiger charge is -2.23. The molecule has 0 aromatic carbocycles. The Morgan fingerprint density at radius 3 is 1.55 bits per heavy atom. The number of rotatable bonds is 13. The molecule has 0 saturated heterocycles. The molecule has 0 bridgehead atoms. The molecule has 0 radical (unpaired) electrons. The van der Waals surface area contributed by atoms with E-state index >= 15 is 0 Å². The van der Waals surface area contributed by atoms with Crippen molar-refractivity contribution in [1.82, 2.24) is 16.0 Å². The molecule has 0 saturated carbocycles. The van der Waals surface area contributed by atoms with Crippen molar-refractivity contribution < 1.29 is 44.4 Å². The van der Waals surface area contributed by atoms with E-state index < -0.39 is 73.5 Å². The SMILES string of the molecule is CC(C)CC(N)C(=O)NC(CO)C(=O)NC(CO)C(=O)NC(CC(=O)O)C(=O)O. The highest BCUT2D eigenvalue weighted by molar-refractivity contribution is 5.94. The molecule has 9 N–H and O–H groups in total. The normalized spacial score (nSPS) is 15.0. The van der Waals surface area contributed by atoms with Crippen LogP contribution in [0.15, 0.2) is 0 Å². The van der Waals surface area contributed by atoms with E-state index in [0.717, 1.165) is 0 Å². The number of carboxylic acid groups (broad SMARTS) is 2. The summed E-state index contributed by atoms with van der Waals surface area (Å²) in [4.78, 5) is 57.9. The molecule has 4 atom stereocenters. The fraction of sp³-hybridized carbons (Fsp3) is 0.688. The zero-order valence-corrected chi connectivity index (χ0v) is 16.1. The number of carbonyl (C=O) groups is 5. The molecule has 29 heavy (non-hydrogen) atoms. The lowest BCUT2D eigenvalue weighted by atomic mass is 10.0. The Bertz CT molecular complexity index is 611. The lowest BCUT2D eigenvalue weighted by molar-refractivity contribution is -0.147.